The molecule has 3 heteroatoms. The molecule has 2 aliphatic rings. The van der Waals surface area contributed by atoms with Crippen molar-refractivity contribution >= 4 is 39.6 Å². The topological polar surface area (TPSA) is 19.6 Å². The van der Waals surface area contributed by atoms with Gasteiger partial charge in [-0.1, -0.05) is 143 Å². The average Bonchev–Trinajstić information content (AvgIpc) is 3.64. The first-order valence-corrected chi connectivity index (χ1v) is 20.9. The second-order valence-corrected chi connectivity index (χ2v) is 20.4. The Morgan fingerprint density at radius 2 is 1.25 bits per heavy atom. The summed E-state index contributed by atoms with van der Waals surface area (Å²) in [7, 11) is 0. The molecule has 1 aliphatic heterocycles. The molecule has 0 saturated heterocycles. The zero-order valence-corrected chi connectivity index (χ0v) is 36.0. The summed E-state index contributed by atoms with van der Waals surface area (Å²) in [6, 6.07) is 41.3. The highest BCUT2D eigenvalue weighted by molar-refractivity contribution is 5.92. The van der Waals surface area contributed by atoms with E-state index in [0.717, 1.165) is 34.6 Å². The summed E-state index contributed by atoms with van der Waals surface area (Å²) >= 11 is 0. The van der Waals surface area contributed by atoms with E-state index in [-0.39, 0.29) is 27.2 Å². The maximum absolute atomic E-state index is 7.00. The van der Waals surface area contributed by atoms with Crippen LogP contribution in [0.1, 0.15) is 130 Å². The summed E-state index contributed by atoms with van der Waals surface area (Å²) in [6.45, 7) is 28.0. The molecule has 8 rings (SSSR count). The van der Waals surface area contributed by atoms with E-state index in [9.17, 15) is 0 Å². The first-order chi connectivity index (χ1) is 26.3. The number of fused-ring (bicyclic) bond motifs is 4. The first-order valence-electron chi connectivity index (χ1n) is 20.9. The standard InChI is InChI=1S/C53H62N2O/c1-35-28-41(34-42(29-35)55-46-25-23-39(50(5,6)7)32-44(46)52(11)26-16-17-27-53(52,55)12)54(48-30-37-20-21-40(51(8,9)10)33-47(37)56-48)45-24-22-38(49(2,3)4)31-43(45)36-18-14-13-15-19-36/h13-15,18-25,28-34H,16-17,26-27H2,1-12H3. The van der Waals surface area contributed by atoms with Gasteiger partial charge in [0, 0.05) is 33.8 Å². The summed E-state index contributed by atoms with van der Waals surface area (Å²) in [5, 5.41) is 1.10. The number of furan rings is 1. The van der Waals surface area contributed by atoms with Crippen LogP contribution in [-0.2, 0) is 21.7 Å². The Labute approximate surface area is 336 Å². The van der Waals surface area contributed by atoms with Crippen molar-refractivity contribution in [3.05, 3.63) is 137 Å². The van der Waals surface area contributed by atoms with Crippen LogP contribution in [0, 0.1) is 6.92 Å². The van der Waals surface area contributed by atoms with Crippen LogP contribution in [-0.4, -0.2) is 5.54 Å². The highest BCUT2D eigenvalue weighted by atomic mass is 16.4. The number of benzene rings is 5. The maximum atomic E-state index is 7.00. The quantitative estimate of drug-likeness (QED) is 0.175. The van der Waals surface area contributed by atoms with Gasteiger partial charge < -0.3 is 9.32 Å². The van der Waals surface area contributed by atoms with Gasteiger partial charge in [-0.25, -0.2) is 0 Å². The van der Waals surface area contributed by atoms with Gasteiger partial charge in [0.25, 0.3) is 0 Å². The second-order valence-electron chi connectivity index (χ2n) is 20.4. The molecule has 1 fully saturated rings. The molecular formula is C53H62N2O. The van der Waals surface area contributed by atoms with Gasteiger partial charge >= 0.3 is 0 Å². The predicted molar refractivity (Wildman–Crippen MR) is 240 cm³/mol. The largest absolute Gasteiger partial charge is 0.440 e. The van der Waals surface area contributed by atoms with Gasteiger partial charge in [-0.15, -0.1) is 0 Å². The van der Waals surface area contributed by atoms with E-state index in [4.69, 9.17) is 4.42 Å². The highest BCUT2D eigenvalue weighted by Gasteiger charge is 2.57. The number of anilines is 5. The lowest BCUT2D eigenvalue weighted by Crippen LogP contribution is -2.54. The molecule has 1 saturated carbocycles. The van der Waals surface area contributed by atoms with Crippen molar-refractivity contribution in [2.45, 2.75) is 136 Å². The fraction of sp³-hybridized carbons (Fsp3) is 0.396. The zero-order chi connectivity index (χ0) is 40.0. The molecule has 3 nitrogen and oxygen atoms in total. The SMILES string of the molecule is Cc1cc(N(c2cc3ccc(C(C)(C)C)cc3o2)c2ccc(C(C)(C)C)cc2-c2ccccc2)cc(N2c3ccc(C(C)(C)C)cc3C3(C)CCCCC23C)c1. The van der Waals surface area contributed by atoms with Gasteiger partial charge in [0.05, 0.1) is 16.9 Å². The van der Waals surface area contributed by atoms with Crippen LogP contribution in [0.3, 0.4) is 0 Å². The van der Waals surface area contributed by atoms with Crippen LogP contribution in [0.4, 0.5) is 28.6 Å². The molecule has 0 bridgehead atoms. The number of aryl methyl sites for hydroxylation is 1. The molecule has 1 aromatic heterocycles. The molecule has 6 aromatic rings. The van der Waals surface area contributed by atoms with E-state index in [0.29, 0.717) is 0 Å². The van der Waals surface area contributed by atoms with Crippen molar-refractivity contribution in [1.82, 2.24) is 0 Å². The lowest BCUT2D eigenvalue weighted by molar-refractivity contribution is 0.195. The van der Waals surface area contributed by atoms with Gasteiger partial charge in [0.1, 0.15) is 5.58 Å². The monoisotopic (exact) mass is 742 g/mol. The average molecular weight is 743 g/mol. The van der Waals surface area contributed by atoms with Gasteiger partial charge in [0.15, 0.2) is 0 Å². The summed E-state index contributed by atoms with van der Waals surface area (Å²) in [4.78, 5) is 5.10. The second kappa shape index (κ2) is 13.2. The molecule has 2 unspecified atom stereocenters. The molecule has 0 spiro atoms. The van der Waals surface area contributed by atoms with Gasteiger partial charge in [0.2, 0.25) is 5.88 Å². The number of hydrogen-bond acceptors (Lipinski definition) is 3. The van der Waals surface area contributed by atoms with Crippen molar-refractivity contribution in [3.8, 4) is 11.1 Å². The van der Waals surface area contributed by atoms with Crippen molar-refractivity contribution in [2.75, 3.05) is 9.80 Å². The number of nitrogens with zero attached hydrogens (tertiary/aromatic N) is 2. The van der Waals surface area contributed by atoms with E-state index in [2.05, 4.69) is 202 Å². The fourth-order valence-electron chi connectivity index (χ4n) is 9.63. The third-order valence-corrected chi connectivity index (χ3v) is 13.3. The summed E-state index contributed by atoms with van der Waals surface area (Å²) in [5.74, 6) is 0.814. The van der Waals surface area contributed by atoms with Crippen molar-refractivity contribution in [2.24, 2.45) is 0 Å². The lowest BCUT2D eigenvalue weighted by Gasteiger charge is -2.50. The number of hydrogen-bond donors (Lipinski definition) is 0. The van der Waals surface area contributed by atoms with Crippen LogP contribution in [0.15, 0.2) is 114 Å². The molecule has 2 heterocycles. The minimum absolute atomic E-state index is 0.00972. The normalized spacial score (nSPS) is 20.0. The Morgan fingerprint density at radius 1 is 0.625 bits per heavy atom. The minimum atomic E-state index is -0.0632. The van der Waals surface area contributed by atoms with Crippen LogP contribution in [0.25, 0.3) is 22.1 Å². The van der Waals surface area contributed by atoms with Crippen molar-refractivity contribution < 1.29 is 4.42 Å². The number of rotatable bonds is 5. The molecule has 0 amide bonds. The molecule has 1 aliphatic carbocycles. The fourth-order valence-corrected chi connectivity index (χ4v) is 9.63. The smallest absolute Gasteiger partial charge is 0.205 e. The zero-order valence-electron chi connectivity index (χ0n) is 36.0. The van der Waals surface area contributed by atoms with Crippen LogP contribution in [0.2, 0.25) is 0 Å². The third kappa shape index (κ3) is 6.36. The summed E-state index contributed by atoms with van der Waals surface area (Å²) < 4.78 is 7.00. The molecule has 56 heavy (non-hydrogen) atoms. The molecular weight excluding hydrogens is 681 g/mol. The Kier molecular flexibility index (Phi) is 8.95. The molecule has 0 N–H and O–H groups in total. The Bertz CT molecular complexity index is 2430. The van der Waals surface area contributed by atoms with Gasteiger partial charge in [-0.3, -0.25) is 4.90 Å². The Morgan fingerprint density at radius 3 is 1.95 bits per heavy atom. The van der Waals surface area contributed by atoms with Crippen LogP contribution in [0.5, 0.6) is 0 Å². The molecule has 0 radical (unpaired) electrons. The van der Waals surface area contributed by atoms with Crippen molar-refractivity contribution in [1.29, 1.82) is 0 Å². The molecule has 290 valence electrons. The summed E-state index contributed by atoms with van der Waals surface area (Å²) in [6.07, 6.45) is 4.86. The maximum Gasteiger partial charge on any atom is 0.205 e. The van der Waals surface area contributed by atoms with Crippen molar-refractivity contribution in [3.63, 3.8) is 0 Å². The van der Waals surface area contributed by atoms with E-state index in [1.54, 1.807) is 0 Å². The van der Waals surface area contributed by atoms with Gasteiger partial charge in [-0.2, -0.15) is 0 Å². The molecule has 2 atom stereocenters. The minimum Gasteiger partial charge on any atom is -0.440 e. The van der Waals surface area contributed by atoms with E-state index < -0.39 is 0 Å². The molecule has 5 aromatic carbocycles. The summed E-state index contributed by atoms with van der Waals surface area (Å²) in [5.41, 5.74) is 14.8. The van der Waals surface area contributed by atoms with Crippen LogP contribution >= 0.6 is 0 Å². The lowest BCUT2D eigenvalue weighted by atomic mass is 9.61. The third-order valence-electron chi connectivity index (χ3n) is 13.3. The highest BCUT2D eigenvalue weighted by Crippen LogP contribution is 2.61. The van der Waals surface area contributed by atoms with E-state index in [1.165, 1.54) is 69.6 Å². The van der Waals surface area contributed by atoms with E-state index >= 15 is 0 Å². The van der Waals surface area contributed by atoms with Crippen LogP contribution < -0.4 is 9.80 Å². The first kappa shape index (κ1) is 38.1. The Hall–Kier alpha value is -4.76. The van der Waals surface area contributed by atoms with E-state index in [1.807, 2.05) is 0 Å². The predicted octanol–water partition coefficient (Wildman–Crippen LogP) is 15.5. The van der Waals surface area contributed by atoms with Gasteiger partial charge in [-0.05, 0) is 119 Å². The Balaban J connectivity index is 1.38.